The van der Waals surface area contributed by atoms with Gasteiger partial charge in [0.2, 0.25) is 6.79 Å². The monoisotopic (exact) mass is 415 g/mol. The second kappa shape index (κ2) is 7.32. The molecular weight excluding hydrogens is 394 g/mol. The number of nitrogens with zero attached hydrogens (tertiary/aromatic N) is 4. The van der Waals surface area contributed by atoms with Crippen molar-refractivity contribution in [1.29, 1.82) is 0 Å². The Bertz CT molecular complexity index is 1390. The predicted octanol–water partition coefficient (Wildman–Crippen LogP) is 3.52. The standard InChI is InChI=1S/C23H21N5O3/c1-14-9-20(17-10-21-22(31-13-30-21)11-19(17)25-14)26-24-12-18-15(2)27(3)28(23(18)29)16-7-5-4-6-8-16/h4-12H,13H2,1-3H3,(H,25,26)/b24-12-. The number of hydrogen-bond donors (Lipinski definition) is 1. The highest BCUT2D eigenvalue weighted by atomic mass is 16.7. The number of aryl methyl sites for hydroxylation is 1. The minimum Gasteiger partial charge on any atom is -0.454 e. The van der Waals surface area contributed by atoms with Crippen LogP contribution >= 0.6 is 0 Å². The van der Waals surface area contributed by atoms with Crippen molar-refractivity contribution in [3.8, 4) is 17.2 Å². The first kappa shape index (κ1) is 18.9. The van der Waals surface area contributed by atoms with Gasteiger partial charge in [0.25, 0.3) is 5.56 Å². The SMILES string of the molecule is Cc1cc(N/N=C\c2c(C)n(C)n(-c3ccccc3)c2=O)c2cc3c(cc2n1)OCO3. The number of benzene rings is 2. The molecular formula is C23H21N5O3. The maximum absolute atomic E-state index is 13.0. The summed E-state index contributed by atoms with van der Waals surface area (Å²) in [5.74, 6) is 1.36. The highest BCUT2D eigenvalue weighted by Crippen LogP contribution is 2.38. The Morgan fingerprint density at radius 1 is 1.10 bits per heavy atom. The normalized spacial score (nSPS) is 12.7. The summed E-state index contributed by atoms with van der Waals surface area (Å²) in [5.41, 5.74) is 7.47. The van der Waals surface area contributed by atoms with Crippen LogP contribution in [0.2, 0.25) is 0 Å². The fourth-order valence-electron chi connectivity index (χ4n) is 3.74. The molecule has 0 saturated heterocycles. The number of para-hydroxylation sites is 1. The molecule has 0 atom stereocenters. The molecule has 2 aromatic heterocycles. The number of rotatable bonds is 4. The Morgan fingerprint density at radius 3 is 2.61 bits per heavy atom. The van der Waals surface area contributed by atoms with E-state index >= 15 is 0 Å². The molecule has 2 aromatic carbocycles. The van der Waals surface area contributed by atoms with Crippen LogP contribution in [0.3, 0.4) is 0 Å². The van der Waals surface area contributed by atoms with Crippen LogP contribution in [0.4, 0.5) is 5.69 Å². The van der Waals surface area contributed by atoms with Crippen LogP contribution in [0, 0.1) is 13.8 Å². The van der Waals surface area contributed by atoms with Gasteiger partial charge in [-0.1, -0.05) is 18.2 Å². The summed E-state index contributed by atoms with van der Waals surface area (Å²) < 4.78 is 14.4. The molecule has 5 rings (SSSR count). The molecule has 0 aliphatic carbocycles. The first-order valence-electron chi connectivity index (χ1n) is 9.87. The molecule has 4 aromatic rings. The molecule has 0 radical (unpaired) electrons. The van der Waals surface area contributed by atoms with Gasteiger partial charge < -0.3 is 9.47 Å². The lowest BCUT2D eigenvalue weighted by Gasteiger charge is -2.08. The van der Waals surface area contributed by atoms with Gasteiger partial charge in [-0.15, -0.1) is 0 Å². The van der Waals surface area contributed by atoms with E-state index in [-0.39, 0.29) is 12.4 Å². The molecule has 1 N–H and O–H groups in total. The predicted molar refractivity (Wildman–Crippen MR) is 120 cm³/mol. The zero-order valence-electron chi connectivity index (χ0n) is 17.4. The van der Waals surface area contributed by atoms with Crippen LogP contribution in [-0.4, -0.2) is 27.4 Å². The molecule has 1 aliphatic rings. The van der Waals surface area contributed by atoms with Crippen LogP contribution in [0.1, 0.15) is 17.0 Å². The average molecular weight is 415 g/mol. The van der Waals surface area contributed by atoms with E-state index in [1.807, 2.05) is 74.1 Å². The van der Waals surface area contributed by atoms with Crippen molar-refractivity contribution in [1.82, 2.24) is 14.3 Å². The van der Waals surface area contributed by atoms with Crippen molar-refractivity contribution < 1.29 is 9.47 Å². The van der Waals surface area contributed by atoms with Gasteiger partial charge in [0.1, 0.15) is 0 Å². The number of aromatic nitrogens is 3. The largest absolute Gasteiger partial charge is 0.454 e. The Balaban J connectivity index is 1.51. The Kier molecular flexibility index (Phi) is 4.47. The van der Waals surface area contributed by atoms with Crippen molar-refractivity contribution in [3.63, 3.8) is 0 Å². The average Bonchev–Trinajstić information content (AvgIpc) is 3.30. The third-order valence-electron chi connectivity index (χ3n) is 5.41. The summed E-state index contributed by atoms with van der Waals surface area (Å²) in [6, 6.07) is 15.2. The lowest BCUT2D eigenvalue weighted by Crippen LogP contribution is -2.20. The lowest BCUT2D eigenvalue weighted by molar-refractivity contribution is 0.174. The van der Waals surface area contributed by atoms with Gasteiger partial charge >= 0.3 is 0 Å². The number of pyridine rings is 1. The third kappa shape index (κ3) is 3.22. The van der Waals surface area contributed by atoms with Crippen LogP contribution in [-0.2, 0) is 7.05 Å². The van der Waals surface area contributed by atoms with Crippen LogP contribution < -0.4 is 20.5 Å². The number of nitrogens with one attached hydrogen (secondary N) is 1. The first-order valence-corrected chi connectivity index (χ1v) is 9.87. The number of fused-ring (bicyclic) bond motifs is 2. The molecule has 156 valence electrons. The van der Waals surface area contributed by atoms with E-state index in [1.165, 1.54) is 0 Å². The van der Waals surface area contributed by atoms with Crippen LogP contribution in [0.5, 0.6) is 11.5 Å². The van der Waals surface area contributed by atoms with Crippen molar-refractivity contribution in [3.05, 3.63) is 75.8 Å². The van der Waals surface area contributed by atoms with Gasteiger partial charge in [-0.2, -0.15) is 5.10 Å². The van der Waals surface area contributed by atoms with Crippen molar-refractivity contribution in [2.75, 3.05) is 12.2 Å². The van der Waals surface area contributed by atoms with E-state index in [0.717, 1.165) is 33.7 Å². The molecule has 3 heterocycles. The molecule has 0 amide bonds. The van der Waals surface area contributed by atoms with Crippen molar-refractivity contribution in [2.24, 2.45) is 12.1 Å². The van der Waals surface area contributed by atoms with Gasteiger partial charge in [-0.25, -0.2) is 4.68 Å². The van der Waals surface area contributed by atoms with E-state index < -0.39 is 0 Å². The lowest BCUT2D eigenvalue weighted by atomic mass is 10.1. The molecule has 1 aliphatic heterocycles. The molecule has 0 unspecified atom stereocenters. The van der Waals surface area contributed by atoms with E-state index in [0.29, 0.717) is 17.1 Å². The highest BCUT2D eigenvalue weighted by molar-refractivity contribution is 5.94. The molecule has 8 heteroatoms. The minimum absolute atomic E-state index is 0.129. The van der Waals surface area contributed by atoms with E-state index in [4.69, 9.17) is 9.47 Å². The third-order valence-corrected chi connectivity index (χ3v) is 5.41. The van der Waals surface area contributed by atoms with Gasteiger partial charge in [0, 0.05) is 29.9 Å². The maximum atomic E-state index is 13.0. The summed E-state index contributed by atoms with van der Waals surface area (Å²) in [4.78, 5) is 17.6. The van der Waals surface area contributed by atoms with Crippen molar-refractivity contribution >= 4 is 22.8 Å². The summed E-state index contributed by atoms with van der Waals surface area (Å²) in [6.07, 6.45) is 1.56. The minimum atomic E-state index is -0.129. The Morgan fingerprint density at radius 2 is 1.84 bits per heavy atom. The second-order valence-corrected chi connectivity index (χ2v) is 7.38. The van der Waals surface area contributed by atoms with Crippen LogP contribution in [0.15, 0.2) is 58.4 Å². The summed E-state index contributed by atoms with van der Waals surface area (Å²) in [7, 11) is 1.86. The highest BCUT2D eigenvalue weighted by Gasteiger charge is 2.17. The second-order valence-electron chi connectivity index (χ2n) is 7.38. The number of anilines is 1. The fraction of sp³-hybridized carbons (Fsp3) is 0.174. The zero-order valence-corrected chi connectivity index (χ0v) is 17.4. The molecule has 0 fully saturated rings. The van der Waals surface area contributed by atoms with E-state index in [1.54, 1.807) is 10.9 Å². The number of hydrazone groups is 1. The number of hydrogen-bond acceptors (Lipinski definition) is 6. The Labute approximate surface area is 178 Å². The van der Waals surface area contributed by atoms with Gasteiger partial charge in [0.15, 0.2) is 11.5 Å². The maximum Gasteiger partial charge on any atom is 0.280 e. The van der Waals surface area contributed by atoms with E-state index in [9.17, 15) is 4.79 Å². The van der Waals surface area contributed by atoms with Gasteiger partial charge in [-0.05, 0) is 38.1 Å². The topological polar surface area (TPSA) is 82.7 Å². The van der Waals surface area contributed by atoms with Gasteiger partial charge in [0.05, 0.1) is 28.7 Å². The van der Waals surface area contributed by atoms with Crippen LogP contribution in [0.25, 0.3) is 16.6 Å². The summed E-state index contributed by atoms with van der Waals surface area (Å²) in [5, 5.41) is 5.22. The summed E-state index contributed by atoms with van der Waals surface area (Å²) in [6.45, 7) is 4.01. The molecule has 0 saturated carbocycles. The first-order chi connectivity index (χ1) is 15.0. The van der Waals surface area contributed by atoms with Gasteiger partial charge in [-0.3, -0.25) is 19.9 Å². The summed E-state index contributed by atoms with van der Waals surface area (Å²) >= 11 is 0. The van der Waals surface area contributed by atoms with E-state index in [2.05, 4.69) is 15.5 Å². The fourth-order valence-corrected chi connectivity index (χ4v) is 3.74. The number of ether oxygens (including phenoxy) is 2. The zero-order chi connectivity index (χ0) is 21.5. The molecule has 8 nitrogen and oxygen atoms in total. The quantitative estimate of drug-likeness (QED) is 0.407. The van der Waals surface area contributed by atoms with Crippen molar-refractivity contribution in [2.45, 2.75) is 13.8 Å². The molecule has 0 bridgehead atoms. The molecule has 0 spiro atoms. The Hall–Kier alpha value is -4.07. The molecule has 31 heavy (non-hydrogen) atoms. The smallest absolute Gasteiger partial charge is 0.280 e.